The predicted octanol–water partition coefficient (Wildman–Crippen LogP) is 3.32. The molecule has 1 atom stereocenters. The molecule has 1 aromatic carbocycles. The fraction of sp³-hybridized carbons (Fsp3) is 0.417. The third-order valence-electron chi connectivity index (χ3n) is 3.24. The maximum Gasteiger partial charge on any atom is 0.129 e. The quantitative estimate of drug-likeness (QED) is 0.905. The summed E-state index contributed by atoms with van der Waals surface area (Å²) in [5.41, 5.74) is -0.586. The molecule has 1 fully saturated rings. The summed E-state index contributed by atoms with van der Waals surface area (Å²) in [4.78, 5) is 0. The van der Waals surface area contributed by atoms with Crippen molar-refractivity contribution in [2.45, 2.75) is 25.4 Å². The summed E-state index contributed by atoms with van der Waals surface area (Å²) in [6, 6.07) is 6.54. The topological polar surface area (TPSA) is 44.0 Å². The molecule has 1 aromatic rings. The summed E-state index contributed by atoms with van der Waals surface area (Å²) in [5, 5.41) is 19.2. The van der Waals surface area contributed by atoms with Crippen molar-refractivity contribution in [2.24, 2.45) is 5.41 Å². The Hall–Kier alpha value is -0.920. The Bertz CT molecular complexity index is 451. The number of rotatable bonds is 2. The maximum absolute atomic E-state index is 13.6. The highest BCUT2D eigenvalue weighted by atomic mass is 79.9. The SMILES string of the molecule is N#CC1(C(O)c2cc(Br)ccc2F)CCC1. The smallest absolute Gasteiger partial charge is 0.129 e. The average Bonchev–Trinajstić information content (AvgIpc) is 2.21. The first-order valence-electron chi connectivity index (χ1n) is 5.13. The van der Waals surface area contributed by atoms with Crippen LogP contribution >= 0.6 is 15.9 Å². The molecule has 0 saturated heterocycles. The van der Waals surface area contributed by atoms with Crippen LogP contribution in [0.2, 0.25) is 0 Å². The third-order valence-corrected chi connectivity index (χ3v) is 3.74. The lowest BCUT2D eigenvalue weighted by atomic mass is 9.64. The van der Waals surface area contributed by atoms with E-state index in [1.165, 1.54) is 12.1 Å². The number of aliphatic hydroxyl groups is 1. The van der Waals surface area contributed by atoms with Gasteiger partial charge in [0.15, 0.2) is 0 Å². The van der Waals surface area contributed by atoms with Crippen molar-refractivity contribution in [1.82, 2.24) is 0 Å². The van der Waals surface area contributed by atoms with E-state index in [9.17, 15) is 9.50 Å². The largest absolute Gasteiger partial charge is 0.387 e. The molecule has 1 unspecified atom stereocenters. The lowest BCUT2D eigenvalue weighted by molar-refractivity contribution is 0.00561. The van der Waals surface area contributed by atoms with Gasteiger partial charge in [-0.15, -0.1) is 0 Å². The standard InChI is InChI=1S/C12H11BrFNO/c13-8-2-3-10(14)9(6-8)11(16)12(7-15)4-1-5-12/h2-3,6,11,16H,1,4-5H2. The van der Waals surface area contributed by atoms with Crippen LogP contribution in [0.1, 0.15) is 30.9 Å². The van der Waals surface area contributed by atoms with Crippen LogP contribution in [0.25, 0.3) is 0 Å². The average molecular weight is 284 g/mol. The molecule has 84 valence electrons. The second-order valence-corrected chi connectivity index (χ2v) is 5.11. The Morgan fingerprint density at radius 2 is 2.19 bits per heavy atom. The molecule has 0 radical (unpaired) electrons. The van der Waals surface area contributed by atoms with E-state index >= 15 is 0 Å². The van der Waals surface area contributed by atoms with Gasteiger partial charge in [-0.3, -0.25) is 0 Å². The van der Waals surface area contributed by atoms with Crippen LogP contribution in [0.3, 0.4) is 0 Å². The summed E-state index contributed by atoms with van der Waals surface area (Å²) in [5.74, 6) is -0.461. The summed E-state index contributed by atoms with van der Waals surface area (Å²) in [6.45, 7) is 0. The van der Waals surface area contributed by atoms with Gasteiger partial charge in [-0.25, -0.2) is 4.39 Å². The van der Waals surface area contributed by atoms with E-state index in [4.69, 9.17) is 5.26 Å². The van der Waals surface area contributed by atoms with E-state index in [-0.39, 0.29) is 5.56 Å². The molecule has 0 amide bonds. The Balaban J connectivity index is 2.37. The van der Waals surface area contributed by atoms with Gasteiger partial charge in [-0.1, -0.05) is 22.4 Å². The number of hydrogen-bond donors (Lipinski definition) is 1. The van der Waals surface area contributed by atoms with E-state index in [0.29, 0.717) is 17.3 Å². The molecule has 0 bridgehead atoms. The number of benzene rings is 1. The van der Waals surface area contributed by atoms with E-state index in [2.05, 4.69) is 22.0 Å². The first kappa shape index (κ1) is 11.6. The van der Waals surface area contributed by atoms with Gasteiger partial charge in [0.1, 0.15) is 11.9 Å². The minimum Gasteiger partial charge on any atom is -0.387 e. The summed E-state index contributed by atoms with van der Waals surface area (Å²) >= 11 is 3.23. The molecule has 1 saturated carbocycles. The minimum atomic E-state index is -1.04. The van der Waals surface area contributed by atoms with Crippen LogP contribution in [0.5, 0.6) is 0 Å². The molecule has 16 heavy (non-hydrogen) atoms. The highest BCUT2D eigenvalue weighted by molar-refractivity contribution is 9.10. The number of halogens is 2. The van der Waals surface area contributed by atoms with Crippen LogP contribution in [0, 0.1) is 22.6 Å². The second-order valence-electron chi connectivity index (χ2n) is 4.19. The normalized spacial score (nSPS) is 19.6. The predicted molar refractivity (Wildman–Crippen MR) is 61.0 cm³/mol. The second kappa shape index (κ2) is 4.15. The van der Waals surface area contributed by atoms with Crippen molar-refractivity contribution in [2.75, 3.05) is 0 Å². The number of nitrogens with zero attached hydrogens (tertiary/aromatic N) is 1. The molecule has 0 aliphatic heterocycles. The summed E-state index contributed by atoms with van der Waals surface area (Å²) in [7, 11) is 0. The molecule has 1 N–H and O–H groups in total. The Labute approximate surface area is 102 Å². The molecule has 1 aliphatic rings. The van der Waals surface area contributed by atoms with Crippen molar-refractivity contribution in [3.63, 3.8) is 0 Å². The van der Waals surface area contributed by atoms with Crippen molar-refractivity contribution in [1.29, 1.82) is 5.26 Å². The molecular formula is C12H11BrFNO. The van der Waals surface area contributed by atoms with Gasteiger partial charge in [0.2, 0.25) is 0 Å². The first-order valence-corrected chi connectivity index (χ1v) is 5.93. The number of aliphatic hydroxyl groups excluding tert-OH is 1. The van der Waals surface area contributed by atoms with Crippen LogP contribution in [-0.2, 0) is 0 Å². The molecule has 2 nitrogen and oxygen atoms in total. The van der Waals surface area contributed by atoms with Crippen LogP contribution in [0.15, 0.2) is 22.7 Å². The van der Waals surface area contributed by atoms with Crippen molar-refractivity contribution in [3.05, 3.63) is 34.1 Å². The van der Waals surface area contributed by atoms with E-state index in [1.54, 1.807) is 6.07 Å². The monoisotopic (exact) mass is 283 g/mol. The molecule has 1 aliphatic carbocycles. The molecule has 4 heteroatoms. The van der Waals surface area contributed by atoms with Gasteiger partial charge in [0.25, 0.3) is 0 Å². The Morgan fingerprint density at radius 1 is 1.50 bits per heavy atom. The lowest BCUT2D eigenvalue weighted by Crippen LogP contribution is -2.34. The summed E-state index contributed by atoms with van der Waals surface area (Å²) < 4.78 is 14.3. The minimum absolute atomic E-state index is 0.204. The Kier molecular flexibility index (Phi) is 3.00. The number of hydrogen-bond acceptors (Lipinski definition) is 2. The van der Waals surface area contributed by atoms with E-state index in [1.807, 2.05) is 0 Å². The van der Waals surface area contributed by atoms with Gasteiger partial charge in [-0.05, 0) is 31.0 Å². The van der Waals surface area contributed by atoms with Crippen molar-refractivity contribution in [3.8, 4) is 6.07 Å². The highest BCUT2D eigenvalue weighted by Crippen LogP contribution is 2.50. The van der Waals surface area contributed by atoms with Crippen molar-refractivity contribution < 1.29 is 9.50 Å². The van der Waals surface area contributed by atoms with E-state index < -0.39 is 17.3 Å². The fourth-order valence-corrected chi connectivity index (χ4v) is 2.40. The van der Waals surface area contributed by atoms with Gasteiger partial charge < -0.3 is 5.11 Å². The molecule has 0 aromatic heterocycles. The molecule has 0 heterocycles. The summed E-state index contributed by atoms with van der Waals surface area (Å²) in [6.07, 6.45) is 1.15. The zero-order valence-electron chi connectivity index (χ0n) is 8.58. The molecule has 0 spiro atoms. The fourth-order valence-electron chi connectivity index (χ4n) is 2.03. The van der Waals surface area contributed by atoms with E-state index in [0.717, 1.165) is 6.42 Å². The van der Waals surface area contributed by atoms with Gasteiger partial charge in [-0.2, -0.15) is 5.26 Å². The zero-order valence-corrected chi connectivity index (χ0v) is 10.2. The lowest BCUT2D eigenvalue weighted by Gasteiger charge is -2.39. The molecule has 2 rings (SSSR count). The van der Waals surface area contributed by atoms with Crippen LogP contribution in [0.4, 0.5) is 4.39 Å². The Morgan fingerprint density at radius 3 is 2.69 bits per heavy atom. The van der Waals surface area contributed by atoms with Crippen molar-refractivity contribution >= 4 is 15.9 Å². The third kappa shape index (κ3) is 1.74. The van der Waals surface area contributed by atoms with Crippen LogP contribution in [-0.4, -0.2) is 5.11 Å². The molecular weight excluding hydrogens is 273 g/mol. The maximum atomic E-state index is 13.6. The van der Waals surface area contributed by atoms with Gasteiger partial charge >= 0.3 is 0 Å². The zero-order chi connectivity index (χ0) is 11.8. The first-order chi connectivity index (χ1) is 7.59. The van der Waals surface area contributed by atoms with Gasteiger partial charge in [0, 0.05) is 10.0 Å². The number of nitriles is 1. The van der Waals surface area contributed by atoms with Gasteiger partial charge in [0.05, 0.1) is 11.5 Å². The van der Waals surface area contributed by atoms with Crippen LogP contribution < -0.4 is 0 Å². The highest BCUT2D eigenvalue weighted by Gasteiger charge is 2.45.